The van der Waals surface area contributed by atoms with Crippen molar-refractivity contribution in [2.24, 2.45) is 0 Å². The lowest BCUT2D eigenvalue weighted by Crippen LogP contribution is -2.29. The van der Waals surface area contributed by atoms with Gasteiger partial charge in [0.2, 0.25) is 0 Å². The Morgan fingerprint density at radius 2 is 1.96 bits per heavy atom. The third-order valence-electron chi connectivity index (χ3n) is 3.83. The first-order chi connectivity index (χ1) is 11.5. The van der Waals surface area contributed by atoms with Gasteiger partial charge in [0.05, 0.1) is 4.91 Å². The highest BCUT2D eigenvalue weighted by Gasteiger charge is 2.31. The molecule has 0 unspecified atom stereocenters. The number of thiocarbonyl (C=S) groups is 1. The van der Waals surface area contributed by atoms with E-state index in [-0.39, 0.29) is 12.3 Å². The van der Waals surface area contributed by atoms with E-state index in [9.17, 15) is 9.59 Å². The van der Waals surface area contributed by atoms with Crippen molar-refractivity contribution < 1.29 is 14.7 Å². The van der Waals surface area contributed by atoms with E-state index in [1.165, 1.54) is 17.3 Å². The monoisotopic (exact) mass is 363 g/mol. The molecule has 0 spiro atoms. The lowest BCUT2D eigenvalue weighted by Gasteiger charge is -2.13. The van der Waals surface area contributed by atoms with Gasteiger partial charge in [-0.25, -0.2) is 0 Å². The van der Waals surface area contributed by atoms with Crippen LogP contribution >= 0.6 is 24.0 Å². The highest BCUT2D eigenvalue weighted by molar-refractivity contribution is 8.26. The van der Waals surface area contributed by atoms with E-state index in [4.69, 9.17) is 17.3 Å². The third-order valence-corrected chi connectivity index (χ3v) is 5.21. The van der Waals surface area contributed by atoms with E-state index >= 15 is 0 Å². The molecule has 1 aliphatic rings. The van der Waals surface area contributed by atoms with Crippen molar-refractivity contribution in [2.45, 2.75) is 39.0 Å². The van der Waals surface area contributed by atoms with Crippen LogP contribution < -0.4 is 0 Å². The molecule has 1 heterocycles. The van der Waals surface area contributed by atoms with Gasteiger partial charge in [0.1, 0.15) is 4.32 Å². The quantitative estimate of drug-likeness (QED) is 0.428. The van der Waals surface area contributed by atoms with Crippen molar-refractivity contribution in [3.8, 4) is 0 Å². The predicted molar refractivity (Wildman–Crippen MR) is 102 cm³/mol. The first-order valence-electron chi connectivity index (χ1n) is 8.07. The summed E-state index contributed by atoms with van der Waals surface area (Å²) < 4.78 is 0.578. The number of hydrogen-bond acceptors (Lipinski definition) is 4. The predicted octanol–water partition coefficient (Wildman–Crippen LogP) is 4.10. The van der Waals surface area contributed by atoms with Crippen LogP contribution in [-0.4, -0.2) is 32.7 Å². The molecule has 0 bridgehead atoms. The van der Waals surface area contributed by atoms with Crippen molar-refractivity contribution in [2.75, 3.05) is 6.54 Å². The molecule has 0 atom stereocenters. The Labute approximate surface area is 151 Å². The molecule has 1 aliphatic heterocycles. The van der Waals surface area contributed by atoms with Gasteiger partial charge in [-0.3, -0.25) is 14.5 Å². The second-order valence-corrected chi connectivity index (χ2v) is 7.31. The highest BCUT2D eigenvalue weighted by atomic mass is 32.2. The minimum Gasteiger partial charge on any atom is -0.481 e. The zero-order valence-corrected chi connectivity index (χ0v) is 15.3. The number of unbranched alkanes of at least 4 members (excludes halogenated alkanes) is 2. The number of nitrogens with zero attached hydrogens (tertiary/aromatic N) is 1. The van der Waals surface area contributed by atoms with Gasteiger partial charge in [0.25, 0.3) is 5.91 Å². The molecule has 1 fully saturated rings. The minimum absolute atomic E-state index is 0.0530. The van der Waals surface area contributed by atoms with E-state index in [1.54, 1.807) is 4.90 Å². The molecule has 2 rings (SSSR count). The Morgan fingerprint density at radius 3 is 2.58 bits per heavy atom. The van der Waals surface area contributed by atoms with Crippen LogP contribution in [0.2, 0.25) is 0 Å². The molecule has 0 aromatic heterocycles. The summed E-state index contributed by atoms with van der Waals surface area (Å²) in [6.07, 6.45) is 5.21. The number of amides is 1. The summed E-state index contributed by atoms with van der Waals surface area (Å²) in [7, 11) is 0. The van der Waals surface area contributed by atoms with Crippen molar-refractivity contribution in [3.63, 3.8) is 0 Å². The molecule has 4 nitrogen and oxygen atoms in total. The number of carboxylic acids is 1. The van der Waals surface area contributed by atoms with Crippen LogP contribution in [0.1, 0.15) is 43.7 Å². The molecule has 1 aromatic carbocycles. The topological polar surface area (TPSA) is 57.6 Å². The van der Waals surface area contributed by atoms with Gasteiger partial charge >= 0.3 is 5.97 Å². The standard InChI is InChI=1S/C18H21NO3S2/c1-2-13-7-9-14(10-8-13)12-15-17(22)19(18(23)24-15)11-5-3-4-6-16(20)21/h7-10,12H,2-6,11H2,1H3,(H,20,21)/b15-12-. The maximum absolute atomic E-state index is 12.5. The van der Waals surface area contributed by atoms with Gasteiger partial charge in [0.15, 0.2) is 0 Å². The van der Waals surface area contributed by atoms with E-state index in [0.29, 0.717) is 22.2 Å². The number of hydrogen-bond donors (Lipinski definition) is 1. The molecule has 6 heteroatoms. The number of carbonyl (C=O) groups is 2. The number of carbonyl (C=O) groups excluding carboxylic acids is 1. The van der Waals surface area contributed by atoms with Crippen LogP contribution in [0.3, 0.4) is 0 Å². The van der Waals surface area contributed by atoms with Crippen molar-refractivity contribution >= 4 is 46.3 Å². The summed E-state index contributed by atoms with van der Waals surface area (Å²) >= 11 is 6.63. The number of rotatable bonds is 8. The Morgan fingerprint density at radius 1 is 1.25 bits per heavy atom. The van der Waals surface area contributed by atoms with Crippen molar-refractivity contribution in [1.82, 2.24) is 4.90 Å². The number of aryl methyl sites for hydroxylation is 1. The molecule has 128 valence electrons. The summed E-state index contributed by atoms with van der Waals surface area (Å²) in [6.45, 7) is 2.66. The molecule has 1 aromatic rings. The van der Waals surface area contributed by atoms with E-state index in [1.807, 2.05) is 18.2 Å². The SMILES string of the molecule is CCc1ccc(/C=C2\SC(=S)N(CCCCCC(=O)O)C2=O)cc1. The molecule has 1 N–H and O–H groups in total. The summed E-state index contributed by atoms with van der Waals surface area (Å²) in [6, 6.07) is 8.15. The zero-order valence-electron chi connectivity index (χ0n) is 13.7. The fourth-order valence-corrected chi connectivity index (χ4v) is 3.73. The van der Waals surface area contributed by atoms with Gasteiger partial charge < -0.3 is 5.11 Å². The van der Waals surface area contributed by atoms with Crippen LogP contribution in [0.5, 0.6) is 0 Å². The van der Waals surface area contributed by atoms with E-state index < -0.39 is 5.97 Å². The second kappa shape index (κ2) is 8.99. The minimum atomic E-state index is -0.780. The van der Waals surface area contributed by atoms with Crippen LogP contribution in [0.25, 0.3) is 6.08 Å². The average molecular weight is 364 g/mol. The number of benzene rings is 1. The highest BCUT2D eigenvalue weighted by Crippen LogP contribution is 2.32. The molecule has 0 aliphatic carbocycles. The van der Waals surface area contributed by atoms with Gasteiger partial charge in [-0.2, -0.15) is 0 Å². The molecular weight excluding hydrogens is 342 g/mol. The fourth-order valence-electron chi connectivity index (χ4n) is 2.42. The number of carboxylic acid groups (broad SMARTS) is 1. The van der Waals surface area contributed by atoms with Crippen molar-refractivity contribution in [1.29, 1.82) is 0 Å². The van der Waals surface area contributed by atoms with Crippen molar-refractivity contribution in [3.05, 3.63) is 40.3 Å². The average Bonchev–Trinajstić information content (AvgIpc) is 2.82. The molecule has 24 heavy (non-hydrogen) atoms. The Bertz CT molecular complexity index is 653. The molecule has 0 radical (unpaired) electrons. The third kappa shape index (κ3) is 5.18. The van der Waals surface area contributed by atoms with E-state index in [2.05, 4.69) is 19.1 Å². The molecule has 1 saturated heterocycles. The molecule has 0 saturated carbocycles. The van der Waals surface area contributed by atoms with Crippen LogP contribution in [0.4, 0.5) is 0 Å². The Hall–Kier alpha value is -1.66. The fraction of sp³-hybridized carbons (Fsp3) is 0.389. The Kier molecular flexibility index (Phi) is 6.99. The van der Waals surface area contributed by atoms with E-state index in [0.717, 1.165) is 24.8 Å². The molecular formula is C18H21NO3S2. The van der Waals surface area contributed by atoms with Crippen LogP contribution in [0, 0.1) is 0 Å². The summed E-state index contributed by atoms with van der Waals surface area (Å²) in [5, 5.41) is 8.62. The number of thioether (sulfide) groups is 1. The first-order valence-corrected chi connectivity index (χ1v) is 9.30. The first kappa shape index (κ1) is 18.7. The lowest BCUT2D eigenvalue weighted by atomic mass is 10.1. The summed E-state index contributed by atoms with van der Waals surface area (Å²) in [4.78, 5) is 25.2. The van der Waals surface area contributed by atoms with Gasteiger partial charge in [-0.15, -0.1) is 0 Å². The maximum Gasteiger partial charge on any atom is 0.303 e. The number of aliphatic carboxylic acids is 1. The largest absolute Gasteiger partial charge is 0.481 e. The normalized spacial score (nSPS) is 16.2. The second-order valence-electron chi connectivity index (χ2n) is 5.63. The van der Waals surface area contributed by atoms with Crippen LogP contribution in [0.15, 0.2) is 29.2 Å². The van der Waals surface area contributed by atoms with Crippen LogP contribution in [-0.2, 0) is 16.0 Å². The Balaban J connectivity index is 1.92. The van der Waals surface area contributed by atoms with Gasteiger partial charge in [0, 0.05) is 13.0 Å². The van der Waals surface area contributed by atoms with Gasteiger partial charge in [-0.05, 0) is 36.5 Å². The molecule has 1 amide bonds. The maximum atomic E-state index is 12.5. The van der Waals surface area contributed by atoms with Gasteiger partial charge in [-0.1, -0.05) is 61.6 Å². The smallest absolute Gasteiger partial charge is 0.303 e. The lowest BCUT2D eigenvalue weighted by molar-refractivity contribution is -0.137. The summed E-state index contributed by atoms with van der Waals surface area (Å²) in [5.41, 5.74) is 2.26. The zero-order chi connectivity index (χ0) is 17.5. The summed E-state index contributed by atoms with van der Waals surface area (Å²) in [5.74, 6) is -0.833.